The molecule has 0 aromatic heterocycles. The number of alkyl halides is 2. The zero-order valence-corrected chi connectivity index (χ0v) is 35.7. The van der Waals surface area contributed by atoms with E-state index in [1.54, 1.807) is 41.5 Å². The molecule has 0 saturated carbocycles. The van der Waals surface area contributed by atoms with Crippen LogP contribution >= 0.6 is 23.2 Å². The number of carboxylic acid groups (broad SMARTS) is 2. The van der Waals surface area contributed by atoms with Crippen LogP contribution in [0, 0.1) is 10.8 Å². The number of hydrogen-bond acceptors (Lipinski definition) is 10. The summed E-state index contributed by atoms with van der Waals surface area (Å²) < 4.78 is 0. The van der Waals surface area contributed by atoms with Crippen molar-refractivity contribution in [3.05, 3.63) is 47.9 Å². The Kier molecular flexibility index (Phi) is 103. The molecular weight excluding hydrogens is 833 g/mol. The number of halogens is 2. The van der Waals surface area contributed by atoms with Gasteiger partial charge in [-0.15, -0.1) is 36.4 Å². The summed E-state index contributed by atoms with van der Waals surface area (Å²) in [4.78, 5) is 32.6. The quantitative estimate of drug-likeness (QED) is 0.0990. The summed E-state index contributed by atoms with van der Waals surface area (Å²) in [6.07, 6.45) is 0. The van der Waals surface area contributed by atoms with Crippen molar-refractivity contribution in [2.45, 2.75) is 41.5 Å². The minimum atomic E-state index is -1.01. The molecule has 0 aromatic rings. The topological polar surface area (TPSA) is 344 Å². The van der Waals surface area contributed by atoms with Crippen molar-refractivity contribution in [2.24, 2.45) is 10.8 Å². The first-order valence-corrected chi connectivity index (χ1v) is 14.3. The van der Waals surface area contributed by atoms with Crippen LogP contribution in [0.1, 0.15) is 41.5 Å². The Morgan fingerprint density at radius 1 is 0.560 bits per heavy atom. The fourth-order valence-electron chi connectivity index (χ4n) is 1.28. The minimum Gasteiger partial charge on any atom is -2.00 e. The molecule has 295 valence electrons. The normalized spacial score (nSPS) is 8.56. The molecule has 50 heavy (non-hydrogen) atoms. The molecule has 0 aromatic carbocycles. The third-order valence-electron chi connectivity index (χ3n) is 4.03. The molecule has 0 saturated heterocycles. The Balaban J connectivity index is -0.0000000342. The number of aliphatic carboxylic acids is 2. The van der Waals surface area contributed by atoms with Crippen LogP contribution in [0.5, 0.6) is 0 Å². The largest absolute Gasteiger partial charge is 5.00 e. The van der Waals surface area contributed by atoms with Gasteiger partial charge in [-0.25, -0.2) is 0 Å². The van der Waals surface area contributed by atoms with Crippen LogP contribution in [0.4, 0.5) is 0 Å². The van der Waals surface area contributed by atoms with Gasteiger partial charge >= 0.3 is 51.2 Å². The maximum absolute atomic E-state index is 10.1. The van der Waals surface area contributed by atoms with Crippen LogP contribution in [0.3, 0.4) is 0 Å². The first-order chi connectivity index (χ1) is 20.9. The third kappa shape index (κ3) is 137. The zero-order valence-electron chi connectivity index (χ0n) is 30.9. The van der Waals surface area contributed by atoms with E-state index in [9.17, 15) is 30.0 Å². The zero-order chi connectivity index (χ0) is 38.9. The number of nitrogens with zero attached hydrogens (tertiary/aromatic N) is 13. The van der Waals surface area contributed by atoms with Crippen LogP contribution in [0.25, 0.3) is 47.9 Å². The van der Waals surface area contributed by atoms with E-state index in [0.29, 0.717) is 13.1 Å². The summed E-state index contributed by atoms with van der Waals surface area (Å²) in [5.41, 5.74) is 39.1. The Labute approximate surface area is 340 Å². The van der Waals surface area contributed by atoms with Gasteiger partial charge in [-0.05, 0) is 55.4 Å². The number of carboxylic acids is 2. The molecule has 3 radical (unpaired) electrons. The minimum absolute atomic E-state index is 0. The Morgan fingerprint density at radius 3 is 0.780 bits per heavy atom. The van der Waals surface area contributed by atoms with Gasteiger partial charge in [0.1, 0.15) is 0 Å². The maximum Gasteiger partial charge on any atom is 5.00 e. The molecule has 25 heteroatoms. The molecule has 0 N–H and O–H groups in total. The summed E-state index contributed by atoms with van der Waals surface area (Å²) in [5, 5.41) is 40.3. The van der Waals surface area contributed by atoms with Gasteiger partial charge in [0, 0.05) is 48.9 Å². The number of hydrogen-bond donors (Lipinski definition) is 0. The number of carbonyl (C=O) groups is 2. The van der Waals surface area contributed by atoms with Crippen molar-refractivity contribution in [2.75, 3.05) is 100 Å². The number of carbonyl (C=O) groups excluding carboxylic acids is 2. The standard InChI is InChI=1S/2C7H17N2O.2C5H10O2.CH2Cl2.3Fe.3N3.O/c2*1-8(2)4-5-9(3)6-7-10;2*1-5(2,3)4(6)7;2-1-3;;;;3*1-3-2;/h2*4-7H2,1-3H3;2*1-3H3,(H,6,7);1H2;;;;;;;/q2*-1;;;;+3;2*+5;3*-1;-2/p-2. The molecule has 0 amide bonds. The fourth-order valence-corrected chi connectivity index (χ4v) is 1.28. The van der Waals surface area contributed by atoms with Crippen molar-refractivity contribution < 1.29 is 86.7 Å². The van der Waals surface area contributed by atoms with E-state index in [-0.39, 0.29) is 75.2 Å². The second-order valence-corrected chi connectivity index (χ2v) is 11.9. The van der Waals surface area contributed by atoms with Gasteiger partial charge in [-0.2, -0.15) is 0 Å². The Morgan fingerprint density at radius 2 is 0.700 bits per heavy atom. The average Bonchev–Trinajstić information content (AvgIpc) is 2.88. The molecule has 0 spiro atoms. The first kappa shape index (κ1) is 82.3. The molecule has 0 atom stereocenters. The van der Waals surface area contributed by atoms with E-state index < -0.39 is 22.8 Å². The number of likely N-dealkylation sites (N-methyl/N-ethyl adjacent to an activating group) is 4. The van der Waals surface area contributed by atoms with E-state index in [0.717, 1.165) is 26.2 Å². The van der Waals surface area contributed by atoms with Gasteiger partial charge in [-0.1, -0.05) is 41.5 Å². The predicted octanol–water partition coefficient (Wildman–Crippen LogP) is 1.14. The van der Waals surface area contributed by atoms with Gasteiger partial charge in [0.25, 0.3) is 0 Å². The first-order valence-electron chi connectivity index (χ1n) is 13.2. The molecule has 20 nitrogen and oxygen atoms in total. The summed E-state index contributed by atoms with van der Waals surface area (Å²) in [7, 11) is 12.1. The van der Waals surface area contributed by atoms with Crippen LogP contribution in [0.15, 0.2) is 0 Å². The van der Waals surface area contributed by atoms with E-state index >= 15 is 0 Å². The molecule has 0 unspecified atom stereocenters. The van der Waals surface area contributed by atoms with Crippen molar-refractivity contribution >= 4 is 35.1 Å². The van der Waals surface area contributed by atoms with E-state index in [2.05, 4.69) is 9.80 Å². The van der Waals surface area contributed by atoms with Crippen LogP contribution in [-0.4, -0.2) is 132 Å². The molecule has 0 aliphatic heterocycles. The SMILES string of the molecule is CC(C)(C)C(=O)[O-].CC(C)(C)C(=O)[O-].CN(C)CCN(C)CC[O-].CN(C)CCN(C)CC[O-].ClCCl.[Fe+3].[Fe+5].[Fe+5].[N-]=[N+]=[N-].[N-]=[N+]=[N-].[N-]=[N+]=[N-].[O-2]. The predicted molar refractivity (Wildman–Crippen MR) is 178 cm³/mol. The molecule has 0 heterocycles. The Bertz CT molecular complexity index is 711. The van der Waals surface area contributed by atoms with Crippen LogP contribution < -0.4 is 20.4 Å². The molecule has 0 aliphatic rings. The van der Waals surface area contributed by atoms with Crippen molar-refractivity contribution in [1.29, 1.82) is 0 Å². The Hall–Kier alpha value is -1.27. The molecule has 0 aliphatic carbocycles. The smallest absolute Gasteiger partial charge is 2.00 e. The molecule has 0 bridgehead atoms. The van der Waals surface area contributed by atoms with E-state index in [1.165, 1.54) is 14.7 Å². The van der Waals surface area contributed by atoms with Crippen molar-refractivity contribution in [3.63, 3.8) is 0 Å². The van der Waals surface area contributed by atoms with Crippen LogP contribution in [0.2, 0.25) is 0 Å². The van der Waals surface area contributed by atoms with Gasteiger partial charge < -0.3 is 88.3 Å². The molecule has 0 rings (SSSR count). The second kappa shape index (κ2) is 62.8. The van der Waals surface area contributed by atoms with Crippen LogP contribution in [-0.2, 0) is 66.3 Å². The maximum atomic E-state index is 10.1. The second-order valence-electron chi connectivity index (χ2n) is 11.1. The van der Waals surface area contributed by atoms with Gasteiger partial charge in [0.2, 0.25) is 0 Å². The van der Waals surface area contributed by atoms with Crippen molar-refractivity contribution in [3.8, 4) is 0 Å². The molecular formula is C25H54Cl2Fe3N13O7+4. The number of rotatable bonds is 10. The van der Waals surface area contributed by atoms with E-state index in [1.807, 2.05) is 52.1 Å². The average molecular weight is 887 g/mol. The monoisotopic (exact) mass is 886 g/mol. The third-order valence-corrected chi connectivity index (χ3v) is 4.03. The summed E-state index contributed by atoms with van der Waals surface area (Å²) in [6, 6.07) is 0. The summed E-state index contributed by atoms with van der Waals surface area (Å²) >= 11 is 9.53. The molecule has 0 fully saturated rings. The summed E-state index contributed by atoms with van der Waals surface area (Å²) in [5.74, 6) is -2.01. The van der Waals surface area contributed by atoms with E-state index in [4.69, 9.17) is 56.4 Å². The van der Waals surface area contributed by atoms with Gasteiger partial charge in [-0.3, -0.25) is 14.7 Å². The van der Waals surface area contributed by atoms with Gasteiger partial charge in [0.05, 0.1) is 5.34 Å². The summed E-state index contributed by atoms with van der Waals surface area (Å²) in [6.45, 7) is 14.9. The van der Waals surface area contributed by atoms with Gasteiger partial charge in [0.15, 0.2) is 0 Å². The van der Waals surface area contributed by atoms with Crippen molar-refractivity contribution in [1.82, 2.24) is 19.6 Å². The fraction of sp³-hybridized carbons (Fsp3) is 0.920.